The molecule has 24 heavy (non-hydrogen) atoms. The van der Waals surface area contributed by atoms with E-state index in [9.17, 15) is 14.4 Å². The third kappa shape index (κ3) is 6.27. The molecule has 2 amide bonds. The van der Waals surface area contributed by atoms with E-state index in [2.05, 4.69) is 20.4 Å². The fourth-order valence-electron chi connectivity index (χ4n) is 2.73. The molecule has 1 heterocycles. The Bertz CT molecular complexity index is 582. The molecular weight excluding hydrogens is 330 g/mol. The Hall–Kier alpha value is -1.96. The largest absolute Gasteiger partial charge is 0.469 e. The predicted octanol–water partition coefficient (Wildman–Crippen LogP) is 1.88. The van der Waals surface area contributed by atoms with E-state index in [1.54, 1.807) is 5.38 Å². The number of anilines is 1. The van der Waals surface area contributed by atoms with Gasteiger partial charge in [0.05, 0.1) is 25.8 Å². The predicted molar refractivity (Wildman–Crippen MR) is 90.7 cm³/mol. The maximum absolute atomic E-state index is 11.9. The zero-order valence-corrected chi connectivity index (χ0v) is 14.6. The minimum atomic E-state index is -0.381. The van der Waals surface area contributed by atoms with Crippen molar-refractivity contribution in [3.63, 3.8) is 0 Å². The molecule has 1 saturated carbocycles. The number of carbonyl (C=O) groups excluding carboxylic acids is 3. The van der Waals surface area contributed by atoms with Crippen molar-refractivity contribution in [3.05, 3.63) is 11.1 Å². The van der Waals surface area contributed by atoms with Gasteiger partial charge in [-0.05, 0) is 18.8 Å². The molecule has 0 aliphatic heterocycles. The summed E-state index contributed by atoms with van der Waals surface area (Å²) in [6.07, 6.45) is 6.40. The second-order valence-corrected chi connectivity index (χ2v) is 6.79. The first kappa shape index (κ1) is 18.4. The van der Waals surface area contributed by atoms with Crippen LogP contribution in [0.25, 0.3) is 0 Å². The van der Waals surface area contributed by atoms with Crippen LogP contribution in [0.3, 0.4) is 0 Å². The molecule has 0 aromatic carbocycles. The van der Waals surface area contributed by atoms with Gasteiger partial charge in [0, 0.05) is 11.8 Å². The molecular formula is C16H23N3O4S. The molecule has 1 fully saturated rings. The Morgan fingerprint density at radius 3 is 2.71 bits per heavy atom. The van der Waals surface area contributed by atoms with E-state index in [1.807, 2.05) is 0 Å². The number of nitrogens with zero attached hydrogens (tertiary/aromatic N) is 1. The summed E-state index contributed by atoms with van der Waals surface area (Å²) in [7, 11) is 1.31. The van der Waals surface area contributed by atoms with Gasteiger partial charge in [-0.2, -0.15) is 0 Å². The van der Waals surface area contributed by atoms with Crippen LogP contribution in [0.5, 0.6) is 0 Å². The number of rotatable bonds is 7. The topological polar surface area (TPSA) is 97.4 Å². The summed E-state index contributed by atoms with van der Waals surface area (Å²) in [6.45, 7) is -0.0720. The standard InChI is InChI=1S/C16H23N3O4S/c1-23-15(22)8-12-10-24-16(18-12)19-14(21)9-17-13(20)7-11-5-3-2-4-6-11/h10-11H,2-9H2,1H3,(H,17,20)(H,18,19,21). The van der Waals surface area contributed by atoms with E-state index >= 15 is 0 Å². The summed E-state index contributed by atoms with van der Waals surface area (Å²) >= 11 is 1.23. The number of hydrogen-bond acceptors (Lipinski definition) is 6. The molecule has 0 radical (unpaired) electrons. The van der Waals surface area contributed by atoms with Gasteiger partial charge < -0.3 is 15.4 Å². The van der Waals surface area contributed by atoms with Crippen LogP contribution in [0, 0.1) is 5.92 Å². The zero-order chi connectivity index (χ0) is 17.4. The molecule has 1 aromatic rings. The summed E-state index contributed by atoms with van der Waals surface area (Å²) < 4.78 is 4.56. The number of thiazole rings is 1. The number of esters is 1. The van der Waals surface area contributed by atoms with Gasteiger partial charge in [0.1, 0.15) is 0 Å². The smallest absolute Gasteiger partial charge is 0.311 e. The lowest BCUT2D eigenvalue weighted by molar-refractivity contribution is -0.139. The highest BCUT2D eigenvalue weighted by Crippen LogP contribution is 2.26. The van der Waals surface area contributed by atoms with Crippen molar-refractivity contribution in [2.45, 2.75) is 44.9 Å². The quantitative estimate of drug-likeness (QED) is 0.730. The number of methoxy groups -OCH3 is 1. The molecule has 1 aliphatic rings. The summed E-state index contributed by atoms with van der Waals surface area (Å²) in [6, 6.07) is 0. The average molecular weight is 353 g/mol. The number of carbonyl (C=O) groups is 3. The minimum absolute atomic E-state index is 0.0704. The normalized spacial score (nSPS) is 14.9. The number of hydrogen-bond donors (Lipinski definition) is 2. The molecule has 7 nitrogen and oxygen atoms in total. The van der Waals surface area contributed by atoms with Crippen molar-refractivity contribution in [3.8, 4) is 0 Å². The fraction of sp³-hybridized carbons (Fsp3) is 0.625. The van der Waals surface area contributed by atoms with Crippen molar-refractivity contribution in [1.29, 1.82) is 0 Å². The SMILES string of the molecule is COC(=O)Cc1csc(NC(=O)CNC(=O)CC2CCCCC2)n1. The van der Waals surface area contributed by atoms with E-state index in [4.69, 9.17) is 0 Å². The van der Waals surface area contributed by atoms with E-state index in [-0.39, 0.29) is 30.7 Å². The first-order chi connectivity index (χ1) is 11.6. The molecule has 0 saturated heterocycles. The van der Waals surface area contributed by atoms with Gasteiger partial charge in [-0.3, -0.25) is 14.4 Å². The maximum atomic E-state index is 11.9. The third-order valence-electron chi connectivity index (χ3n) is 4.00. The van der Waals surface area contributed by atoms with Crippen LogP contribution >= 0.6 is 11.3 Å². The molecule has 0 unspecified atom stereocenters. The molecule has 0 atom stereocenters. The molecule has 1 aliphatic carbocycles. The first-order valence-electron chi connectivity index (χ1n) is 8.14. The molecule has 0 spiro atoms. The van der Waals surface area contributed by atoms with E-state index in [0.717, 1.165) is 12.8 Å². The molecule has 2 N–H and O–H groups in total. The summed E-state index contributed by atoms with van der Waals surface area (Å²) in [5.41, 5.74) is 0.545. The molecule has 2 rings (SSSR count). The first-order valence-corrected chi connectivity index (χ1v) is 9.02. The van der Waals surface area contributed by atoms with E-state index in [1.165, 1.54) is 37.7 Å². The van der Waals surface area contributed by atoms with Crippen molar-refractivity contribution in [2.24, 2.45) is 5.92 Å². The van der Waals surface area contributed by atoms with Crippen LogP contribution in [0.15, 0.2) is 5.38 Å². The highest BCUT2D eigenvalue weighted by Gasteiger charge is 2.17. The Morgan fingerprint density at radius 2 is 2.00 bits per heavy atom. The molecule has 8 heteroatoms. The zero-order valence-electron chi connectivity index (χ0n) is 13.8. The molecule has 0 bridgehead atoms. The van der Waals surface area contributed by atoms with E-state index in [0.29, 0.717) is 23.2 Å². The van der Waals surface area contributed by atoms with Crippen molar-refractivity contribution in [1.82, 2.24) is 10.3 Å². The van der Waals surface area contributed by atoms with Crippen LogP contribution in [-0.2, 0) is 25.5 Å². The van der Waals surface area contributed by atoms with Crippen LogP contribution in [0.2, 0.25) is 0 Å². The average Bonchev–Trinajstić information content (AvgIpc) is 3.00. The molecule has 132 valence electrons. The van der Waals surface area contributed by atoms with Gasteiger partial charge in [-0.1, -0.05) is 19.3 Å². The summed E-state index contributed by atoms with van der Waals surface area (Å²) in [4.78, 5) is 39.0. The van der Waals surface area contributed by atoms with Crippen molar-refractivity contribution < 1.29 is 19.1 Å². The monoisotopic (exact) mass is 353 g/mol. The van der Waals surface area contributed by atoms with Gasteiger partial charge in [-0.15, -0.1) is 11.3 Å². The van der Waals surface area contributed by atoms with Gasteiger partial charge >= 0.3 is 5.97 Å². The number of nitrogens with one attached hydrogen (secondary N) is 2. The Morgan fingerprint density at radius 1 is 1.25 bits per heavy atom. The second kappa shape index (κ2) is 9.36. The maximum Gasteiger partial charge on any atom is 0.311 e. The summed E-state index contributed by atoms with van der Waals surface area (Å²) in [5, 5.41) is 7.36. The number of aromatic nitrogens is 1. The lowest BCUT2D eigenvalue weighted by atomic mass is 9.87. The Kier molecular flexibility index (Phi) is 7.17. The minimum Gasteiger partial charge on any atom is -0.469 e. The van der Waals surface area contributed by atoms with E-state index < -0.39 is 0 Å². The molecule has 1 aromatic heterocycles. The lowest BCUT2D eigenvalue weighted by Crippen LogP contribution is -2.34. The van der Waals surface area contributed by atoms with Crippen LogP contribution in [0.1, 0.15) is 44.2 Å². The second-order valence-electron chi connectivity index (χ2n) is 5.93. The lowest BCUT2D eigenvalue weighted by Gasteiger charge is -2.20. The highest BCUT2D eigenvalue weighted by molar-refractivity contribution is 7.13. The third-order valence-corrected chi connectivity index (χ3v) is 4.80. The fourth-order valence-corrected chi connectivity index (χ4v) is 3.46. The van der Waals surface area contributed by atoms with Gasteiger partial charge in [0.15, 0.2) is 5.13 Å². The Labute approximate surface area is 145 Å². The van der Waals surface area contributed by atoms with Crippen molar-refractivity contribution in [2.75, 3.05) is 19.0 Å². The number of ether oxygens (including phenoxy) is 1. The highest BCUT2D eigenvalue weighted by atomic mass is 32.1. The number of amides is 2. The van der Waals surface area contributed by atoms with Crippen molar-refractivity contribution >= 4 is 34.3 Å². The van der Waals surface area contributed by atoms with Crippen LogP contribution in [-0.4, -0.2) is 36.4 Å². The van der Waals surface area contributed by atoms with Crippen LogP contribution < -0.4 is 10.6 Å². The van der Waals surface area contributed by atoms with Gasteiger partial charge in [0.25, 0.3) is 0 Å². The summed E-state index contributed by atoms with van der Waals surface area (Å²) in [5.74, 6) is -0.344. The van der Waals surface area contributed by atoms with Gasteiger partial charge in [-0.25, -0.2) is 4.98 Å². The van der Waals surface area contributed by atoms with Gasteiger partial charge in [0.2, 0.25) is 11.8 Å². The van der Waals surface area contributed by atoms with Crippen LogP contribution in [0.4, 0.5) is 5.13 Å². The Balaban J connectivity index is 1.69.